The number of hydrogen-bond acceptors (Lipinski definition) is 3. The zero-order valence-electron chi connectivity index (χ0n) is 13.5. The molecule has 1 heterocycles. The summed E-state index contributed by atoms with van der Waals surface area (Å²) < 4.78 is 0. The van der Waals surface area contributed by atoms with E-state index in [-0.39, 0.29) is 17.5 Å². The van der Waals surface area contributed by atoms with Gasteiger partial charge in [-0.05, 0) is 29.8 Å². The maximum atomic E-state index is 12.3. The Labute approximate surface area is 153 Å². The number of carbonyl (C=O) groups is 2. The van der Waals surface area contributed by atoms with Crippen molar-refractivity contribution >= 4 is 34.4 Å². The van der Waals surface area contributed by atoms with Crippen molar-refractivity contribution < 1.29 is 14.7 Å². The van der Waals surface area contributed by atoms with E-state index in [9.17, 15) is 19.5 Å². The molecule has 3 rings (SSSR count). The van der Waals surface area contributed by atoms with Gasteiger partial charge in [-0.25, -0.2) is 4.79 Å². The maximum absolute atomic E-state index is 12.3. The Balaban J connectivity index is 1.89. The largest absolute Gasteiger partial charge is 0.480 e. The van der Waals surface area contributed by atoms with Crippen molar-refractivity contribution in [2.45, 2.75) is 12.5 Å². The first-order valence-corrected chi connectivity index (χ1v) is 8.22. The van der Waals surface area contributed by atoms with Crippen molar-refractivity contribution in [3.8, 4) is 0 Å². The van der Waals surface area contributed by atoms with Crippen LogP contribution in [0.4, 0.5) is 0 Å². The zero-order valence-corrected chi connectivity index (χ0v) is 14.3. The topological polar surface area (TPSA) is 99.3 Å². The van der Waals surface area contributed by atoms with E-state index in [1.165, 1.54) is 12.1 Å². The highest BCUT2D eigenvalue weighted by atomic mass is 35.5. The number of rotatable bonds is 5. The summed E-state index contributed by atoms with van der Waals surface area (Å²) in [5, 5.41) is 13.1. The summed E-state index contributed by atoms with van der Waals surface area (Å²) in [6, 6.07) is 13.5. The SMILES string of the molecule is O=C(N[C@H](Cc1cc(=O)[nH]c2ccccc12)C(=O)O)c1cccc(Cl)c1. The number of para-hydroxylation sites is 1. The number of aromatic amines is 1. The van der Waals surface area contributed by atoms with Gasteiger partial charge in [0.15, 0.2) is 0 Å². The highest BCUT2D eigenvalue weighted by Crippen LogP contribution is 2.17. The molecule has 3 N–H and O–H groups in total. The van der Waals surface area contributed by atoms with Crippen molar-refractivity contribution in [2.24, 2.45) is 0 Å². The molecule has 0 aliphatic carbocycles. The molecule has 26 heavy (non-hydrogen) atoms. The third kappa shape index (κ3) is 3.92. The predicted octanol–water partition coefficient (Wildman–Crippen LogP) is 2.61. The standard InChI is InChI=1S/C19H15ClN2O4/c20-13-5-3-4-11(8-13)18(24)22-16(19(25)26)9-12-10-17(23)21-15-7-2-1-6-14(12)15/h1-8,10,16H,9H2,(H,21,23)(H,22,24)(H,25,26)/t16-/m1/s1. The van der Waals surface area contributed by atoms with Gasteiger partial charge in [0.05, 0.1) is 0 Å². The minimum atomic E-state index is -1.19. The van der Waals surface area contributed by atoms with Crippen LogP contribution in [-0.2, 0) is 11.2 Å². The fraction of sp³-hybridized carbons (Fsp3) is 0.105. The lowest BCUT2D eigenvalue weighted by atomic mass is 10.0. The van der Waals surface area contributed by atoms with Crippen molar-refractivity contribution in [3.63, 3.8) is 0 Å². The number of carbonyl (C=O) groups excluding carboxylic acids is 1. The van der Waals surface area contributed by atoms with Crippen LogP contribution in [0.3, 0.4) is 0 Å². The van der Waals surface area contributed by atoms with Gasteiger partial charge < -0.3 is 15.4 Å². The number of carboxylic acids is 1. The number of aromatic nitrogens is 1. The van der Waals surface area contributed by atoms with Gasteiger partial charge in [0, 0.05) is 34.0 Å². The number of benzene rings is 2. The van der Waals surface area contributed by atoms with Crippen LogP contribution in [-0.4, -0.2) is 28.0 Å². The molecular formula is C19H15ClN2O4. The summed E-state index contributed by atoms with van der Waals surface area (Å²) in [4.78, 5) is 38.5. The Morgan fingerprint density at radius 2 is 1.88 bits per heavy atom. The van der Waals surface area contributed by atoms with E-state index in [0.717, 1.165) is 5.39 Å². The van der Waals surface area contributed by atoms with E-state index in [1.807, 2.05) is 0 Å². The highest BCUT2D eigenvalue weighted by Gasteiger charge is 2.22. The van der Waals surface area contributed by atoms with Gasteiger partial charge >= 0.3 is 5.97 Å². The monoisotopic (exact) mass is 370 g/mol. The van der Waals surface area contributed by atoms with E-state index in [0.29, 0.717) is 16.1 Å². The number of amides is 1. The van der Waals surface area contributed by atoms with Crippen LogP contribution in [0.25, 0.3) is 10.9 Å². The van der Waals surface area contributed by atoms with E-state index < -0.39 is 17.9 Å². The molecule has 0 saturated heterocycles. The lowest BCUT2D eigenvalue weighted by molar-refractivity contribution is -0.139. The molecule has 6 nitrogen and oxygen atoms in total. The van der Waals surface area contributed by atoms with Crippen molar-refractivity contribution in [1.82, 2.24) is 10.3 Å². The van der Waals surface area contributed by atoms with Gasteiger partial charge in [-0.15, -0.1) is 0 Å². The second-order valence-electron chi connectivity index (χ2n) is 5.78. The van der Waals surface area contributed by atoms with Gasteiger partial charge in [-0.1, -0.05) is 35.9 Å². The Morgan fingerprint density at radius 3 is 2.62 bits per heavy atom. The molecule has 2 aromatic carbocycles. The van der Waals surface area contributed by atoms with Crippen molar-refractivity contribution in [1.29, 1.82) is 0 Å². The average Bonchev–Trinajstić information content (AvgIpc) is 2.60. The van der Waals surface area contributed by atoms with Gasteiger partial charge in [0.25, 0.3) is 5.91 Å². The second kappa shape index (κ2) is 7.41. The minimum absolute atomic E-state index is 0.0218. The normalized spacial score (nSPS) is 11.9. The molecule has 0 fully saturated rings. The summed E-state index contributed by atoms with van der Waals surface area (Å²) in [6.07, 6.45) is -0.0218. The third-order valence-corrected chi connectivity index (χ3v) is 4.19. The Morgan fingerprint density at radius 1 is 1.12 bits per heavy atom. The van der Waals surface area contributed by atoms with Crippen LogP contribution in [0.5, 0.6) is 0 Å². The first-order valence-electron chi connectivity index (χ1n) is 7.84. The number of hydrogen-bond donors (Lipinski definition) is 3. The van der Waals surface area contributed by atoms with Crippen molar-refractivity contribution in [2.75, 3.05) is 0 Å². The third-order valence-electron chi connectivity index (χ3n) is 3.95. The molecular weight excluding hydrogens is 356 g/mol. The number of fused-ring (bicyclic) bond motifs is 1. The number of pyridine rings is 1. The quantitative estimate of drug-likeness (QED) is 0.642. The van der Waals surface area contributed by atoms with E-state index in [2.05, 4.69) is 10.3 Å². The van der Waals surface area contributed by atoms with E-state index >= 15 is 0 Å². The Kier molecular flexibility index (Phi) is 5.04. The minimum Gasteiger partial charge on any atom is -0.480 e. The molecule has 0 aliphatic rings. The molecule has 0 spiro atoms. The summed E-state index contributed by atoms with van der Waals surface area (Å²) in [7, 11) is 0. The molecule has 0 unspecified atom stereocenters. The molecule has 1 atom stereocenters. The van der Waals surface area contributed by atoms with Gasteiger partial charge in [-0.3, -0.25) is 9.59 Å². The highest BCUT2D eigenvalue weighted by molar-refractivity contribution is 6.31. The summed E-state index contributed by atoms with van der Waals surface area (Å²) in [5.74, 6) is -1.74. The molecule has 7 heteroatoms. The summed E-state index contributed by atoms with van der Waals surface area (Å²) in [6.45, 7) is 0. The fourth-order valence-electron chi connectivity index (χ4n) is 2.74. The van der Waals surface area contributed by atoms with Crippen LogP contribution < -0.4 is 10.9 Å². The number of H-pyrrole nitrogens is 1. The van der Waals surface area contributed by atoms with Gasteiger partial charge in [0.1, 0.15) is 6.04 Å². The lowest BCUT2D eigenvalue weighted by Crippen LogP contribution is -2.42. The van der Waals surface area contributed by atoms with Crippen LogP contribution in [0.1, 0.15) is 15.9 Å². The van der Waals surface area contributed by atoms with E-state index in [1.54, 1.807) is 42.5 Å². The smallest absolute Gasteiger partial charge is 0.326 e. The van der Waals surface area contributed by atoms with Gasteiger partial charge in [0.2, 0.25) is 5.56 Å². The Hall–Kier alpha value is -3.12. The molecule has 0 aliphatic heterocycles. The Bertz CT molecular complexity index is 1040. The van der Waals surface area contributed by atoms with Crippen molar-refractivity contribution in [3.05, 3.63) is 81.1 Å². The average molecular weight is 371 g/mol. The molecule has 0 bridgehead atoms. The first kappa shape index (κ1) is 17.7. The first-order chi connectivity index (χ1) is 12.4. The van der Waals surface area contributed by atoms with Crippen LogP contribution in [0.2, 0.25) is 5.02 Å². The number of halogens is 1. The molecule has 1 amide bonds. The van der Waals surface area contributed by atoms with Crippen LogP contribution in [0.15, 0.2) is 59.4 Å². The summed E-state index contributed by atoms with van der Waals surface area (Å²) >= 11 is 5.87. The lowest BCUT2D eigenvalue weighted by Gasteiger charge is -2.16. The zero-order chi connectivity index (χ0) is 18.7. The molecule has 132 valence electrons. The second-order valence-corrected chi connectivity index (χ2v) is 6.22. The maximum Gasteiger partial charge on any atom is 0.326 e. The van der Waals surface area contributed by atoms with Crippen LogP contribution in [0, 0.1) is 0 Å². The molecule has 3 aromatic rings. The predicted molar refractivity (Wildman–Crippen MR) is 98.6 cm³/mol. The van der Waals surface area contributed by atoms with Gasteiger partial charge in [-0.2, -0.15) is 0 Å². The molecule has 1 aromatic heterocycles. The number of carboxylic acid groups (broad SMARTS) is 1. The van der Waals surface area contributed by atoms with Crippen LogP contribution >= 0.6 is 11.6 Å². The molecule has 0 radical (unpaired) electrons. The number of aliphatic carboxylic acids is 1. The summed E-state index contributed by atoms with van der Waals surface area (Å²) in [5.41, 5.74) is 1.09. The van der Waals surface area contributed by atoms with E-state index in [4.69, 9.17) is 11.6 Å². The molecule has 0 saturated carbocycles. The number of nitrogens with one attached hydrogen (secondary N) is 2. The fourth-order valence-corrected chi connectivity index (χ4v) is 2.93.